The summed E-state index contributed by atoms with van der Waals surface area (Å²) in [7, 11) is 0. The third-order valence-corrected chi connectivity index (χ3v) is 1.72. The highest BCUT2D eigenvalue weighted by molar-refractivity contribution is 5.88. The van der Waals surface area contributed by atoms with Crippen LogP contribution in [0, 0.1) is 5.92 Å². The number of hydrogen-bond donors (Lipinski definition) is 3. The van der Waals surface area contributed by atoms with Crippen LogP contribution < -0.4 is 10.8 Å². The summed E-state index contributed by atoms with van der Waals surface area (Å²) < 4.78 is 0. The number of aliphatic carboxylic acids is 1. The highest BCUT2D eigenvalue weighted by atomic mass is 16.7. The number of carboxylic acids is 1. The Morgan fingerprint density at radius 2 is 2.36 bits per heavy atom. The minimum absolute atomic E-state index is 0.113. The predicted molar refractivity (Wildman–Crippen MR) is 42.8 cm³/mol. The van der Waals surface area contributed by atoms with Gasteiger partial charge in [-0.15, -0.1) is 0 Å². The molecule has 1 aliphatic heterocycles. The van der Waals surface area contributed by atoms with Crippen LogP contribution >= 0.6 is 0 Å². The number of rotatable bonds is 4. The van der Waals surface area contributed by atoms with Gasteiger partial charge in [-0.25, -0.2) is 10.3 Å². The molecule has 0 aromatic rings. The molecular weight excluding hydrogens is 192 g/mol. The first kappa shape index (κ1) is 10.5. The zero-order chi connectivity index (χ0) is 10.6. The molecule has 1 atom stereocenters. The van der Waals surface area contributed by atoms with E-state index >= 15 is 0 Å². The molecule has 7 nitrogen and oxygen atoms in total. The molecule has 78 valence electrons. The van der Waals surface area contributed by atoms with E-state index in [4.69, 9.17) is 5.11 Å². The third-order valence-electron chi connectivity index (χ3n) is 1.72. The lowest BCUT2D eigenvalue weighted by molar-refractivity contribution is -0.150. The SMILES string of the molecule is O=C(O)CONC(=O)C1CNC(=O)C1. The first-order valence-corrected chi connectivity index (χ1v) is 3.99. The van der Waals surface area contributed by atoms with E-state index in [-0.39, 0.29) is 18.9 Å². The summed E-state index contributed by atoms with van der Waals surface area (Å²) in [4.78, 5) is 36.2. The van der Waals surface area contributed by atoms with Gasteiger partial charge in [-0.3, -0.25) is 14.4 Å². The van der Waals surface area contributed by atoms with E-state index in [1.807, 2.05) is 5.48 Å². The molecule has 1 aliphatic rings. The molecule has 14 heavy (non-hydrogen) atoms. The van der Waals surface area contributed by atoms with Crippen LogP contribution in [0.5, 0.6) is 0 Å². The van der Waals surface area contributed by atoms with Crippen LogP contribution in [-0.2, 0) is 19.2 Å². The Morgan fingerprint density at radius 1 is 1.64 bits per heavy atom. The first-order chi connectivity index (χ1) is 6.59. The summed E-state index contributed by atoms with van der Waals surface area (Å²) in [6, 6.07) is 0. The average molecular weight is 202 g/mol. The molecular formula is C7H10N2O5. The van der Waals surface area contributed by atoms with E-state index in [9.17, 15) is 14.4 Å². The van der Waals surface area contributed by atoms with Crippen LogP contribution in [0.2, 0.25) is 0 Å². The molecule has 0 spiro atoms. The number of carbonyl (C=O) groups is 3. The molecule has 1 saturated heterocycles. The fraction of sp³-hybridized carbons (Fsp3) is 0.571. The molecule has 1 rings (SSSR count). The van der Waals surface area contributed by atoms with Crippen LogP contribution in [0.1, 0.15) is 6.42 Å². The Kier molecular flexibility index (Phi) is 3.41. The second-order valence-electron chi connectivity index (χ2n) is 2.85. The number of nitrogens with one attached hydrogen (secondary N) is 2. The highest BCUT2D eigenvalue weighted by Gasteiger charge is 2.27. The predicted octanol–water partition coefficient (Wildman–Crippen LogP) is -1.75. The molecule has 3 N–H and O–H groups in total. The van der Waals surface area contributed by atoms with Crippen LogP contribution in [0.15, 0.2) is 0 Å². The molecule has 0 aromatic heterocycles. The molecule has 0 saturated carbocycles. The fourth-order valence-electron chi connectivity index (χ4n) is 1.04. The smallest absolute Gasteiger partial charge is 0.332 e. The number of hydroxylamine groups is 1. The maximum absolute atomic E-state index is 11.2. The van der Waals surface area contributed by atoms with Gasteiger partial charge in [0, 0.05) is 13.0 Å². The monoisotopic (exact) mass is 202 g/mol. The van der Waals surface area contributed by atoms with Crippen molar-refractivity contribution in [2.24, 2.45) is 5.92 Å². The maximum atomic E-state index is 11.2. The van der Waals surface area contributed by atoms with Crippen molar-refractivity contribution in [3.63, 3.8) is 0 Å². The first-order valence-electron chi connectivity index (χ1n) is 3.99. The van der Waals surface area contributed by atoms with Crippen LogP contribution in [0.3, 0.4) is 0 Å². The van der Waals surface area contributed by atoms with Gasteiger partial charge in [-0.05, 0) is 0 Å². The lowest BCUT2D eigenvalue weighted by Gasteiger charge is -2.07. The van der Waals surface area contributed by atoms with Crippen molar-refractivity contribution in [3.05, 3.63) is 0 Å². The van der Waals surface area contributed by atoms with Crippen molar-refractivity contribution in [2.45, 2.75) is 6.42 Å². The molecule has 1 unspecified atom stereocenters. The number of amides is 2. The molecule has 0 radical (unpaired) electrons. The molecule has 0 bridgehead atoms. The molecule has 0 aromatic carbocycles. The van der Waals surface area contributed by atoms with Crippen LogP contribution in [-0.4, -0.2) is 36.0 Å². The fourth-order valence-corrected chi connectivity index (χ4v) is 1.04. The van der Waals surface area contributed by atoms with E-state index in [1.54, 1.807) is 0 Å². The van der Waals surface area contributed by atoms with Crippen molar-refractivity contribution < 1.29 is 24.3 Å². The van der Waals surface area contributed by atoms with Gasteiger partial charge in [-0.1, -0.05) is 0 Å². The van der Waals surface area contributed by atoms with Gasteiger partial charge in [0.1, 0.15) is 0 Å². The van der Waals surface area contributed by atoms with E-state index in [0.717, 1.165) is 0 Å². The highest BCUT2D eigenvalue weighted by Crippen LogP contribution is 2.08. The van der Waals surface area contributed by atoms with Crippen molar-refractivity contribution in [1.82, 2.24) is 10.8 Å². The van der Waals surface area contributed by atoms with Crippen molar-refractivity contribution in [3.8, 4) is 0 Å². The van der Waals surface area contributed by atoms with E-state index in [1.165, 1.54) is 0 Å². The van der Waals surface area contributed by atoms with E-state index < -0.39 is 24.4 Å². The van der Waals surface area contributed by atoms with Gasteiger partial charge >= 0.3 is 5.97 Å². The van der Waals surface area contributed by atoms with Gasteiger partial charge in [0.2, 0.25) is 11.8 Å². The van der Waals surface area contributed by atoms with Crippen LogP contribution in [0.4, 0.5) is 0 Å². The molecule has 0 aliphatic carbocycles. The third kappa shape index (κ3) is 3.02. The van der Waals surface area contributed by atoms with E-state index in [0.29, 0.717) is 0 Å². The average Bonchev–Trinajstić information content (AvgIpc) is 2.51. The second-order valence-corrected chi connectivity index (χ2v) is 2.85. The quantitative estimate of drug-likeness (QED) is 0.469. The minimum atomic E-state index is -1.18. The summed E-state index contributed by atoms with van der Waals surface area (Å²) >= 11 is 0. The Bertz CT molecular complexity index is 265. The summed E-state index contributed by atoms with van der Waals surface area (Å²) in [5.74, 6) is -2.32. The Labute approximate surface area is 79.4 Å². The maximum Gasteiger partial charge on any atom is 0.332 e. The minimum Gasteiger partial charge on any atom is -0.479 e. The van der Waals surface area contributed by atoms with Crippen molar-refractivity contribution in [2.75, 3.05) is 13.2 Å². The van der Waals surface area contributed by atoms with Gasteiger partial charge < -0.3 is 10.4 Å². The van der Waals surface area contributed by atoms with Gasteiger partial charge in [0.25, 0.3) is 0 Å². The Morgan fingerprint density at radius 3 is 2.86 bits per heavy atom. The summed E-state index contributed by atoms with van der Waals surface area (Å²) in [5.41, 5.74) is 1.96. The molecule has 2 amide bonds. The summed E-state index contributed by atoms with van der Waals surface area (Å²) in [5, 5.41) is 10.7. The van der Waals surface area contributed by atoms with E-state index in [2.05, 4.69) is 10.2 Å². The normalized spacial score (nSPS) is 20.3. The number of carboxylic acid groups (broad SMARTS) is 1. The van der Waals surface area contributed by atoms with Crippen molar-refractivity contribution in [1.29, 1.82) is 0 Å². The standard InChI is InChI=1S/C7H10N2O5/c10-5-1-4(2-8-5)7(13)9-14-3-6(11)12/h4H,1-3H2,(H,8,10)(H,9,13)(H,11,12). The zero-order valence-corrected chi connectivity index (χ0v) is 7.28. The van der Waals surface area contributed by atoms with Gasteiger partial charge in [0.05, 0.1) is 5.92 Å². The van der Waals surface area contributed by atoms with Gasteiger partial charge in [0.15, 0.2) is 6.61 Å². The zero-order valence-electron chi connectivity index (χ0n) is 7.28. The number of carbonyl (C=O) groups excluding carboxylic acids is 2. The number of hydrogen-bond acceptors (Lipinski definition) is 4. The topological polar surface area (TPSA) is 105 Å². The molecule has 1 fully saturated rings. The second kappa shape index (κ2) is 4.56. The Hall–Kier alpha value is -1.63. The summed E-state index contributed by atoms with van der Waals surface area (Å²) in [6.45, 7) is -0.332. The molecule has 1 heterocycles. The lowest BCUT2D eigenvalue weighted by atomic mass is 10.1. The largest absolute Gasteiger partial charge is 0.479 e. The van der Waals surface area contributed by atoms with Crippen LogP contribution in [0.25, 0.3) is 0 Å². The molecule has 7 heteroatoms. The van der Waals surface area contributed by atoms with Crippen molar-refractivity contribution >= 4 is 17.8 Å². The van der Waals surface area contributed by atoms with Gasteiger partial charge in [-0.2, -0.15) is 0 Å². The Balaban J connectivity index is 2.22. The summed E-state index contributed by atoms with van der Waals surface area (Å²) in [6.07, 6.45) is 0.113. The lowest BCUT2D eigenvalue weighted by Crippen LogP contribution is -2.33.